The standard InChI is InChI=1S/C23H19N5O3S/c24-21-20-12-14-31-23(20)26-22(16-5-4-13-25-15-16)28(21)18-10-8-17(9-11-18)27-32(29,30)19-6-2-1-3-7-19/h1-15,21,27H,24H2. The van der Waals surface area contributed by atoms with Crippen molar-refractivity contribution in [3.63, 3.8) is 0 Å². The number of aromatic nitrogens is 1. The lowest BCUT2D eigenvalue weighted by Gasteiger charge is -2.34. The molecule has 3 N–H and O–H groups in total. The summed E-state index contributed by atoms with van der Waals surface area (Å²) in [4.78, 5) is 10.9. The van der Waals surface area contributed by atoms with Crippen LogP contribution in [0, 0.1) is 0 Å². The van der Waals surface area contributed by atoms with Crippen molar-refractivity contribution >= 4 is 33.1 Å². The number of nitrogens with two attached hydrogens (primary N) is 1. The molecule has 3 heterocycles. The third-order valence-electron chi connectivity index (χ3n) is 5.08. The van der Waals surface area contributed by atoms with Crippen LogP contribution in [-0.2, 0) is 10.0 Å². The molecule has 1 aliphatic heterocycles. The number of rotatable bonds is 5. The summed E-state index contributed by atoms with van der Waals surface area (Å²) in [5.41, 5.74) is 9.28. The van der Waals surface area contributed by atoms with Gasteiger partial charge < -0.3 is 15.1 Å². The summed E-state index contributed by atoms with van der Waals surface area (Å²) in [5, 5.41) is 0. The molecule has 0 radical (unpaired) electrons. The smallest absolute Gasteiger partial charge is 0.261 e. The Kier molecular flexibility index (Phi) is 4.96. The molecule has 0 spiro atoms. The Balaban J connectivity index is 1.48. The fourth-order valence-corrected chi connectivity index (χ4v) is 4.61. The molecule has 4 aromatic rings. The Labute approximate surface area is 185 Å². The lowest BCUT2D eigenvalue weighted by molar-refractivity contribution is 0.565. The van der Waals surface area contributed by atoms with Gasteiger partial charge in [0.2, 0.25) is 5.88 Å². The molecule has 160 valence electrons. The normalized spacial score (nSPS) is 15.7. The second-order valence-corrected chi connectivity index (χ2v) is 8.82. The number of hydrogen-bond donors (Lipinski definition) is 2. The molecule has 2 aromatic carbocycles. The maximum Gasteiger partial charge on any atom is 0.261 e. The van der Waals surface area contributed by atoms with Crippen LogP contribution < -0.4 is 15.4 Å². The van der Waals surface area contributed by atoms with Crippen molar-refractivity contribution in [3.05, 3.63) is 103 Å². The van der Waals surface area contributed by atoms with Crippen molar-refractivity contribution in [2.24, 2.45) is 10.7 Å². The average Bonchev–Trinajstić information content (AvgIpc) is 3.30. The highest BCUT2D eigenvalue weighted by molar-refractivity contribution is 7.92. The van der Waals surface area contributed by atoms with Gasteiger partial charge in [-0.1, -0.05) is 18.2 Å². The van der Waals surface area contributed by atoms with Crippen LogP contribution in [0.1, 0.15) is 17.3 Å². The van der Waals surface area contributed by atoms with E-state index in [1.54, 1.807) is 79.3 Å². The fraction of sp³-hybridized carbons (Fsp3) is 0.0435. The summed E-state index contributed by atoms with van der Waals surface area (Å²) < 4.78 is 33.3. The van der Waals surface area contributed by atoms with Crippen LogP contribution in [0.3, 0.4) is 0 Å². The van der Waals surface area contributed by atoms with E-state index in [4.69, 9.17) is 10.2 Å². The number of furan rings is 1. The molecule has 0 aliphatic carbocycles. The zero-order valence-corrected chi connectivity index (χ0v) is 17.6. The van der Waals surface area contributed by atoms with Crippen LogP contribution in [-0.4, -0.2) is 19.2 Å². The summed E-state index contributed by atoms with van der Waals surface area (Å²) in [6.45, 7) is 0. The zero-order chi connectivity index (χ0) is 22.1. The van der Waals surface area contributed by atoms with Gasteiger partial charge in [0, 0.05) is 29.3 Å². The van der Waals surface area contributed by atoms with Gasteiger partial charge in [-0.05, 0) is 54.6 Å². The van der Waals surface area contributed by atoms with Gasteiger partial charge in [-0.25, -0.2) is 8.42 Å². The van der Waals surface area contributed by atoms with E-state index in [-0.39, 0.29) is 4.90 Å². The molecule has 2 aromatic heterocycles. The number of anilines is 2. The maximum atomic E-state index is 12.6. The Bertz CT molecular complexity index is 1370. The van der Waals surface area contributed by atoms with E-state index in [2.05, 4.69) is 14.7 Å². The van der Waals surface area contributed by atoms with Crippen LogP contribution in [0.25, 0.3) is 0 Å². The first-order valence-corrected chi connectivity index (χ1v) is 11.3. The first-order chi connectivity index (χ1) is 15.5. The number of sulfonamides is 1. The Morgan fingerprint density at radius 1 is 0.969 bits per heavy atom. The van der Waals surface area contributed by atoms with E-state index in [1.165, 1.54) is 0 Å². The first-order valence-electron chi connectivity index (χ1n) is 9.82. The van der Waals surface area contributed by atoms with Crippen LogP contribution >= 0.6 is 0 Å². The summed E-state index contributed by atoms with van der Waals surface area (Å²) in [7, 11) is -3.68. The predicted molar refractivity (Wildman–Crippen MR) is 122 cm³/mol. The fourth-order valence-electron chi connectivity index (χ4n) is 3.53. The monoisotopic (exact) mass is 445 g/mol. The third kappa shape index (κ3) is 3.64. The molecule has 1 unspecified atom stereocenters. The lowest BCUT2D eigenvalue weighted by atomic mass is 10.1. The summed E-state index contributed by atoms with van der Waals surface area (Å²) in [5.74, 6) is 1.05. The number of aliphatic imine (C=N–C) groups is 1. The van der Waals surface area contributed by atoms with Gasteiger partial charge in [-0.15, -0.1) is 0 Å². The number of amidine groups is 1. The van der Waals surface area contributed by atoms with Gasteiger partial charge >= 0.3 is 0 Å². The SMILES string of the molecule is NC1c2ccoc2N=C(c2cccnc2)N1c1ccc(NS(=O)(=O)c2ccccc2)cc1. The Morgan fingerprint density at radius 2 is 1.75 bits per heavy atom. The van der Waals surface area contributed by atoms with Crippen LogP contribution in [0.4, 0.5) is 17.3 Å². The second-order valence-electron chi connectivity index (χ2n) is 7.14. The van der Waals surface area contributed by atoms with Crippen molar-refractivity contribution in [2.45, 2.75) is 11.1 Å². The third-order valence-corrected chi connectivity index (χ3v) is 6.47. The summed E-state index contributed by atoms with van der Waals surface area (Å²) in [6, 6.07) is 20.7. The van der Waals surface area contributed by atoms with Gasteiger partial charge in [-0.3, -0.25) is 9.71 Å². The van der Waals surface area contributed by atoms with Gasteiger partial charge in [0.1, 0.15) is 12.0 Å². The van der Waals surface area contributed by atoms with Gasteiger partial charge in [0.25, 0.3) is 10.0 Å². The van der Waals surface area contributed by atoms with Crippen molar-refractivity contribution in [2.75, 3.05) is 9.62 Å². The number of nitrogens with zero attached hydrogens (tertiary/aromatic N) is 3. The molecule has 32 heavy (non-hydrogen) atoms. The highest BCUT2D eigenvalue weighted by atomic mass is 32.2. The van der Waals surface area contributed by atoms with E-state index < -0.39 is 16.2 Å². The van der Waals surface area contributed by atoms with Crippen LogP contribution in [0.2, 0.25) is 0 Å². The van der Waals surface area contributed by atoms with Crippen LogP contribution in [0.15, 0.2) is 106 Å². The molecule has 5 rings (SSSR count). The van der Waals surface area contributed by atoms with Crippen molar-refractivity contribution in [3.8, 4) is 0 Å². The minimum absolute atomic E-state index is 0.195. The maximum absolute atomic E-state index is 12.6. The summed E-state index contributed by atoms with van der Waals surface area (Å²) in [6.07, 6.45) is 4.40. The zero-order valence-electron chi connectivity index (χ0n) is 16.8. The highest BCUT2D eigenvalue weighted by Crippen LogP contribution is 2.37. The lowest BCUT2D eigenvalue weighted by Crippen LogP contribution is -2.42. The number of hydrogen-bond acceptors (Lipinski definition) is 7. The van der Waals surface area contributed by atoms with Crippen LogP contribution in [0.5, 0.6) is 0 Å². The van der Waals surface area contributed by atoms with Gasteiger partial charge in [-0.2, -0.15) is 4.99 Å². The van der Waals surface area contributed by atoms with Gasteiger partial charge in [0.15, 0.2) is 0 Å². The first kappa shape index (κ1) is 20.0. The Morgan fingerprint density at radius 3 is 2.47 bits per heavy atom. The average molecular weight is 446 g/mol. The quantitative estimate of drug-likeness (QED) is 0.479. The molecular weight excluding hydrogens is 426 g/mol. The largest absolute Gasteiger partial charge is 0.446 e. The van der Waals surface area contributed by atoms with E-state index in [0.29, 0.717) is 17.4 Å². The molecule has 0 saturated heterocycles. The minimum Gasteiger partial charge on any atom is -0.446 e. The molecule has 0 amide bonds. The molecule has 1 atom stereocenters. The molecule has 9 heteroatoms. The van der Waals surface area contributed by atoms with Crippen molar-refractivity contribution in [1.29, 1.82) is 0 Å². The molecule has 0 saturated carbocycles. The molecule has 1 aliphatic rings. The molecule has 8 nitrogen and oxygen atoms in total. The molecule has 0 fully saturated rings. The van der Waals surface area contributed by atoms with E-state index in [9.17, 15) is 8.42 Å². The number of benzene rings is 2. The topological polar surface area (TPSA) is 114 Å². The van der Waals surface area contributed by atoms with Crippen molar-refractivity contribution < 1.29 is 12.8 Å². The van der Waals surface area contributed by atoms with E-state index in [1.807, 2.05) is 17.0 Å². The number of fused-ring (bicyclic) bond motifs is 1. The number of pyridine rings is 1. The van der Waals surface area contributed by atoms with Crippen molar-refractivity contribution in [1.82, 2.24) is 4.98 Å². The summed E-state index contributed by atoms with van der Waals surface area (Å²) >= 11 is 0. The minimum atomic E-state index is -3.68. The second kappa shape index (κ2) is 7.95. The number of nitrogens with one attached hydrogen (secondary N) is 1. The van der Waals surface area contributed by atoms with E-state index >= 15 is 0 Å². The van der Waals surface area contributed by atoms with Gasteiger partial charge in [0.05, 0.1) is 16.7 Å². The predicted octanol–water partition coefficient (Wildman–Crippen LogP) is 4.03. The Hall–Kier alpha value is -3.95. The highest BCUT2D eigenvalue weighted by Gasteiger charge is 2.31. The van der Waals surface area contributed by atoms with E-state index in [0.717, 1.165) is 16.8 Å². The molecular formula is C23H19N5O3S. The molecule has 0 bridgehead atoms.